The molecule has 8 nitrogen and oxygen atoms in total. The van der Waals surface area contributed by atoms with Gasteiger partial charge in [0.1, 0.15) is 16.9 Å². The summed E-state index contributed by atoms with van der Waals surface area (Å²) >= 11 is 6.55. The summed E-state index contributed by atoms with van der Waals surface area (Å²) in [5.74, 6) is 1.11. The number of nitrogens with one attached hydrogen (secondary N) is 2. The maximum Gasteiger partial charge on any atom is 0.247 e. The molecule has 9 heteroatoms. The van der Waals surface area contributed by atoms with Crippen molar-refractivity contribution in [2.24, 2.45) is 5.92 Å². The molecule has 3 fully saturated rings. The Morgan fingerprint density at radius 3 is 2.62 bits per heavy atom. The van der Waals surface area contributed by atoms with E-state index in [1.807, 2.05) is 43.3 Å². The number of halogens is 1. The van der Waals surface area contributed by atoms with E-state index in [0.29, 0.717) is 31.3 Å². The van der Waals surface area contributed by atoms with Crippen molar-refractivity contribution in [3.8, 4) is 5.75 Å². The molecule has 1 saturated carbocycles. The van der Waals surface area contributed by atoms with E-state index >= 15 is 0 Å². The number of amides is 2. The van der Waals surface area contributed by atoms with Crippen LogP contribution in [-0.2, 0) is 19.9 Å². The van der Waals surface area contributed by atoms with Crippen LogP contribution in [0, 0.1) is 12.8 Å². The topological polar surface area (TPSA) is 83.1 Å². The van der Waals surface area contributed by atoms with Crippen molar-refractivity contribution in [3.05, 3.63) is 58.6 Å². The van der Waals surface area contributed by atoms with Crippen LogP contribution in [0.15, 0.2) is 42.5 Å². The summed E-state index contributed by atoms with van der Waals surface area (Å²) in [6.07, 6.45) is 6.35. The van der Waals surface area contributed by atoms with Crippen LogP contribution >= 0.6 is 11.6 Å². The number of ether oxygens (including phenoxy) is 2. The lowest BCUT2D eigenvalue weighted by Crippen LogP contribution is -2.56. The van der Waals surface area contributed by atoms with Crippen LogP contribution in [-0.4, -0.2) is 68.8 Å². The van der Waals surface area contributed by atoms with E-state index in [1.54, 1.807) is 7.11 Å². The molecule has 2 aromatic carbocycles. The summed E-state index contributed by atoms with van der Waals surface area (Å²) in [5, 5.41) is 7.01. The van der Waals surface area contributed by atoms with Crippen molar-refractivity contribution in [1.82, 2.24) is 15.5 Å². The SMILES string of the molecule is CCC(CNC(=O)C1CCCC1)(OCCN1CCC2(CC1)C(=O)NCN2c1cccc(OC)c1)c1ccc(C)c(Cl)c1. The molecular weight excluding hydrogens is 552 g/mol. The zero-order valence-corrected chi connectivity index (χ0v) is 26.0. The Bertz CT molecular complexity index is 1260. The first-order valence-electron chi connectivity index (χ1n) is 15.4. The maximum absolute atomic E-state index is 13.1. The zero-order chi connectivity index (χ0) is 29.7. The zero-order valence-electron chi connectivity index (χ0n) is 25.2. The predicted octanol–water partition coefficient (Wildman–Crippen LogP) is 5.01. The van der Waals surface area contributed by atoms with E-state index in [9.17, 15) is 9.59 Å². The molecule has 2 amide bonds. The van der Waals surface area contributed by atoms with Gasteiger partial charge in [0, 0.05) is 42.3 Å². The molecule has 2 aliphatic heterocycles. The van der Waals surface area contributed by atoms with Gasteiger partial charge in [0.2, 0.25) is 11.8 Å². The molecule has 2 N–H and O–H groups in total. The highest BCUT2D eigenvalue weighted by Crippen LogP contribution is 2.38. The molecule has 1 atom stereocenters. The molecule has 0 aromatic heterocycles. The van der Waals surface area contributed by atoms with Gasteiger partial charge >= 0.3 is 0 Å². The van der Waals surface area contributed by atoms with E-state index in [-0.39, 0.29) is 17.7 Å². The van der Waals surface area contributed by atoms with Crippen LogP contribution < -0.4 is 20.3 Å². The summed E-state index contributed by atoms with van der Waals surface area (Å²) < 4.78 is 12.1. The smallest absolute Gasteiger partial charge is 0.247 e. The van der Waals surface area contributed by atoms with Gasteiger partial charge in [-0.1, -0.05) is 49.6 Å². The summed E-state index contributed by atoms with van der Waals surface area (Å²) in [5.41, 5.74) is 1.77. The van der Waals surface area contributed by atoms with Crippen LogP contribution in [0.2, 0.25) is 5.02 Å². The minimum absolute atomic E-state index is 0.0977. The number of aryl methyl sites for hydroxylation is 1. The number of carbonyl (C=O) groups is 2. The normalized spacial score (nSPS) is 20.5. The van der Waals surface area contributed by atoms with Crippen LogP contribution in [0.3, 0.4) is 0 Å². The lowest BCUT2D eigenvalue weighted by atomic mass is 9.85. The standard InChI is InChI=1S/C33H45ClN4O4/c1-4-33(26-13-12-24(2)29(34)20-26,22-35-30(39)25-8-5-6-9-25)42-19-18-37-16-14-32(15-17-37)31(40)36-23-38(32)27-10-7-11-28(21-27)41-3/h7,10-13,20-21,25H,4-6,8-9,14-19,22-23H2,1-3H3,(H,35,39)(H,36,40). The summed E-state index contributed by atoms with van der Waals surface area (Å²) in [6, 6.07) is 14.0. The first-order valence-corrected chi connectivity index (χ1v) is 15.8. The van der Waals surface area contributed by atoms with Gasteiger partial charge in [-0.25, -0.2) is 0 Å². The second kappa shape index (κ2) is 13.2. The molecular formula is C33H45ClN4O4. The van der Waals surface area contributed by atoms with Crippen molar-refractivity contribution in [3.63, 3.8) is 0 Å². The van der Waals surface area contributed by atoms with Gasteiger partial charge in [-0.2, -0.15) is 0 Å². The molecule has 0 bridgehead atoms. The average molecular weight is 597 g/mol. The number of hydrogen-bond donors (Lipinski definition) is 2. The number of nitrogens with zero attached hydrogens (tertiary/aromatic N) is 2. The lowest BCUT2D eigenvalue weighted by Gasteiger charge is -2.43. The Labute approximate surface area is 255 Å². The van der Waals surface area contributed by atoms with Gasteiger partial charge in [-0.05, 0) is 68.4 Å². The van der Waals surface area contributed by atoms with E-state index in [0.717, 1.165) is 80.7 Å². The lowest BCUT2D eigenvalue weighted by molar-refractivity contribution is -0.128. The van der Waals surface area contributed by atoms with Crippen LogP contribution in [0.4, 0.5) is 5.69 Å². The summed E-state index contributed by atoms with van der Waals surface area (Å²) in [4.78, 5) is 30.7. The third-order valence-electron chi connectivity index (χ3n) is 9.71. The Kier molecular flexibility index (Phi) is 9.65. The fraction of sp³-hybridized carbons (Fsp3) is 0.576. The molecule has 5 rings (SSSR count). The van der Waals surface area contributed by atoms with Crippen molar-refractivity contribution in [2.45, 2.75) is 69.9 Å². The van der Waals surface area contributed by atoms with Crippen LogP contribution in [0.25, 0.3) is 0 Å². The number of carbonyl (C=O) groups excluding carboxylic acids is 2. The van der Waals surface area contributed by atoms with Gasteiger partial charge in [-0.15, -0.1) is 0 Å². The van der Waals surface area contributed by atoms with Gasteiger partial charge in [0.15, 0.2) is 0 Å². The molecule has 2 heterocycles. The molecule has 1 spiro atoms. The third-order valence-corrected chi connectivity index (χ3v) is 10.1. The van der Waals surface area contributed by atoms with E-state index < -0.39 is 11.1 Å². The summed E-state index contributed by atoms with van der Waals surface area (Å²) in [7, 11) is 1.66. The van der Waals surface area contributed by atoms with Gasteiger partial charge in [0.05, 0.1) is 26.9 Å². The fourth-order valence-electron chi connectivity index (χ4n) is 6.83. The Morgan fingerprint density at radius 2 is 1.93 bits per heavy atom. The maximum atomic E-state index is 13.1. The highest BCUT2D eigenvalue weighted by molar-refractivity contribution is 6.31. The number of hydrogen-bond acceptors (Lipinski definition) is 6. The minimum Gasteiger partial charge on any atom is -0.497 e. The number of benzene rings is 2. The monoisotopic (exact) mass is 596 g/mol. The highest BCUT2D eigenvalue weighted by atomic mass is 35.5. The Morgan fingerprint density at radius 1 is 1.17 bits per heavy atom. The van der Waals surface area contributed by atoms with Crippen LogP contribution in [0.1, 0.15) is 63.0 Å². The van der Waals surface area contributed by atoms with Crippen molar-refractivity contribution >= 4 is 29.1 Å². The number of rotatable bonds is 11. The van der Waals surface area contributed by atoms with Crippen molar-refractivity contribution < 1.29 is 19.1 Å². The molecule has 1 aliphatic carbocycles. The van der Waals surface area contributed by atoms with Gasteiger partial charge < -0.3 is 29.9 Å². The van der Waals surface area contributed by atoms with E-state index in [2.05, 4.69) is 33.4 Å². The highest BCUT2D eigenvalue weighted by Gasteiger charge is 2.50. The molecule has 0 radical (unpaired) electrons. The Hall–Kier alpha value is -2.81. The summed E-state index contributed by atoms with van der Waals surface area (Å²) in [6.45, 7) is 7.86. The molecule has 2 saturated heterocycles. The fourth-order valence-corrected chi connectivity index (χ4v) is 7.01. The van der Waals surface area contributed by atoms with Gasteiger partial charge in [-0.3, -0.25) is 9.59 Å². The second-order valence-electron chi connectivity index (χ2n) is 12.0. The molecule has 42 heavy (non-hydrogen) atoms. The number of methoxy groups -OCH3 is 1. The largest absolute Gasteiger partial charge is 0.497 e. The van der Waals surface area contributed by atoms with Gasteiger partial charge in [0.25, 0.3) is 0 Å². The predicted molar refractivity (Wildman–Crippen MR) is 166 cm³/mol. The quantitative estimate of drug-likeness (QED) is 0.379. The van der Waals surface area contributed by atoms with Crippen LogP contribution in [0.5, 0.6) is 5.75 Å². The Balaban J connectivity index is 1.23. The third kappa shape index (κ3) is 6.26. The molecule has 3 aliphatic rings. The average Bonchev–Trinajstić information content (AvgIpc) is 3.66. The first kappa shape index (κ1) is 30.6. The van der Waals surface area contributed by atoms with E-state index in [4.69, 9.17) is 21.1 Å². The molecule has 1 unspecified atom stereocenters. The minimum atomic E-state index is -0.670. The number of anilines is 1. The molecule has 2 aromatic rings. The first-order chi connectivity index (χ1) is 20.3. The van der Waals surface area contributed by atoms with Crippen molar-refractivity contribution in [1.29, 1.82) is 0 Å². The van der Waals surface area contributed by atoms with E-state index in [1.165, 1.54) is 0 Å². The number of piperidine rings is 1. The number of likely N-dealkylation sites (tertiary alicyclic amines) is 1. The molecule has 228 valence electrons. The second-order valence-corrected chi connectivity index (χ2v) is 12.4. The van der Waals surface area contributed by atoms with Crippen molar-refractivity contribution in [2.75, 3.05) is 51.5 Å².